The number of hydrogen-bond donors (Lipinski definition) is 0. The number of sulfonamides is 1. The third-order valence-electron chi connectivity index (χ3n) is 6.92. The molecule has 176 valence electrons. The van der Waals surface area contributed by atoms with Gasteiger partial charge in [-0.2, -0.15) is 4.31 Å². The minimum atomic E-state index is -3.68. The van der Waals surface area contributed by atoms with Gasteiger partial charge in [-0.1, -0.05) is 12.8 Å². The van der Waals surface area contributed by atoms with Crippen LogP contribution < -0.4 is 0 Å². The largest absolute Gasteiger partial charge is 0.467 e. The lowest BCUT2D eigenvalue weighted by molar-refractivity contribution is -0.145. The van der Waals surface area contributed by atoms with Gasteiger partial charge in [0.2, 0.25) is 10.0 Å². The standard InChI is InChI=1S/C23H32N2O6S/c1-15-13-24(14-16(2)31-15)32(28,29)19-10-8-17(9-11-19)22(26)25-20-7-5-4-6-18(20)12-21(25)23(27)30-3/h8-11,15-16,18,20-21H,4-7,12-14H2,1-3H3/t15-,16-,18-,20-,21-/m0/s1. The van der Waals surface area contributed by atoms with Crippen LogP contribution in [0.5, 0.6) is 0 Å². The zero-order valence-corrected chi connectivity index (χ0v) is 19.7. The first-order valence-corrected chi connectivity index (χ1v) is 12.8. The van der Waals surface area contributed by atoms with Crippen molar-refractivity contribution in [2.75, 3.05) is 20.2 Å². The predicted molar refractivity (Wildman–Crippen MR) is 118 cm³/mol. The first kappa shape index (κ1) is 23.2. The number of benzene rings is 1. The van der Waals surface area contributed by atoms with Crippen molar-refractivity contribution in [3.63, 3.8) is 0 Å². The monoisotopic (exact) mass is 464 g/mol. The molecular formula is C23H32N2O6S. The maximum absolute atomic E-state index is 13.4. The van der Waals surface area contributed by atoms with Crippen LogP contribution in [0.4, 0.5) is 0 Å². The molecule has 0 radical (unpaired) electrons. The maximum Gasteiger partial charge on any atom is 0.328 e. The van der Waals surface area contributed by atoms with Gasteiger partial charge in [0, 0.05) is 24.7 Å². The first-order valence-electron chi connectivity index (χ1n) is 11.4. The van der Waals surface area contributed by atoms with E-state index in [9.17, 15) is 18.0 Å². The van der Waals surface area contributed by atoms with Crippen molar-refractivity contribution in [2.24, 2.45) is 5.92 Å². The van der Waals surface area contributed by atoms with E-state index in [1.165, 1.54) is 23.5 Å². The Balaban J connectivity index is 1.56. The average Bonchev–Trinajstić information content (AvgIpc) is 3.17. The van der Waals surface area contributed by atoms with Gasteiger partial charge >= 0.3 is 5.97 Å². The van der Waals surface area contributed by atoms with Gasteiger partial charge < -0.3 is 14.4 Å². The van der Waals surface area contributed by atoms with Gasteiger partial charge in [0.1, 0.15) is 6.04 Å². The van der Waals surface area contributed by atoms with Crippen molar-refractivity contribution in [2.45, 2.75) is 75.1 Å². The molecule has 3 fully saturated rings. The minimum absolute atomic E-state index is 0.0279. The fourth-order valence-corrected chi connectivity index (χ4v) is 7.08. The molecule has 2 saturated heterocycles. The van der Waals surface area contributed by atoms with E-state index in [1.54, 1.807) is 17.0 Å². The SMILES string of the molecule is COC(=O)[C@@H]1C[C@@H]2CCCC[C@@H]2N1C(=O)c1ccc(S(=O)(=O)N2C[C@H](C)O[C@@H](C)C2)cc1. The Morgan fingerprint density at radius 3 is 2.28 bits per heavy atom. The molecule has 0 aromatic heterocycles. The second-order valence-electron chi connectivity index (χ2n) is 9.20. The molecule has 5 atom stereocenters. The highest BCUT2D eigenvalue weighted by molar-refractivity contribution is 7.89. The van der Waals surface area contributed by atoms with Gasteiger partial charge in [0.25, 0.3) is 5.91 Å². The summed E-state index contributed by atoms with van der Waals surface area (Å²) in [5.74, 6) is -0.323. The number of morpholine rings is 1. The number of methoxy groups -OCH3 is 1. The number of hydrogen-bond acceptors (Lipinski definition) is 6. The molecular weight excluding hydrogens is 432 g/mol. The number of carbonyl (C=O) groups is 2. The van der Waals surface area contributed by atoms with Crippen LogP contribution in [-0.4, -0.2) is 74.0 Å². The lowest BCUT2D eigenvalue weighted by Gasteiger charge is -2.34. The van der Waals surface area contributed by atoms with Gasteiger partial charge in [0.05, 0.1) is 24.2 Å². The molecule has 8 nitrogen and oxygen atoms in total. The quantitative estimate of drug-likeness (QED) is 0.636. The second-order valence-corrected chi connectivity index (χ2v) is 11.1. The third kappa shape index (κ3) is 4.30. The summed E-state index contributed by atoms with van der Waals surface area (Å²) in [5, 5.41) is 0. The summed E-state index contributed by atoms with van der Waals surface area (Å²) in [6, 6.07) is 5.50. The summed E-state index contributed by atoms with van der Waals surface area (Å²) >= 11 is 0. The number of ether oxygens (including phenoxy) is 2. The lowest BCUT2D eigenvalue weighted by atomic mass is 9.84. The van der Waals surface area contributed by atoms with Crippen LogP contribution in [0.1, 0.15) is 56.3 Å². The molecule has 2 heterocycles. The van der Waals surface area contributed by atoms with Gasteiger partial charge in [-0.05, 0) is 63.3 Å². The van der Waals surface area contributed by atoms with Gasteiger partial charge in [-0.3, -0.25) is 4.79 Å². The molecule has 0 bridgehead atoms. The van der Waals surface area contributed by atoms with E-state index in [0.717, 1.165) is 25.7 Å². The number of carbonyl (C=O) groups excluding carboxylic acids is 2. The van der Waals surface area contributed by atoms with E-state index in [-0.39, 0.29) is 35.0 Å². The molecule has 0 N–H and O–H groups in total. The van der Waals surface area contributed by atoms with Gasteiger partial charge in [0.15, 0.2) is 0 Å². The maximum atomic E-state index is 13.4. The molecule has 1 amide bonds. The van der Waals surface area contributed by atoms with Crippen LogP contribution >= 0.6 is 0 Å². The van der Waals surface area contributed by atoms with Crippen molar-refractivity contribution in [3.05, 3.63) is 29.8 Å². The Morgan fingerprint density at radius 2 is 1.66 bits per heavy atom. The van der Waals surface area contributed by atoms with Crippen LogP contribution in [0.2, 0.25) is 0 Å². The molecule has 2 aliphatic heterocycles. The minimum Gasteiger partial charge on any atom is -0.467 e. The fourth-order valence-electron chi connectivity index (χ4n) is 5.49. The highest BCUT2D eigenvalue weighted by Gasteiger charge is 2.48. The van der Waals surface area contributed by atoms with Crippen LogP contribution in [0.15, 0.2) is 29.2 Å². The Hall–Kier alpha value is -1.97. The van der Waals surface area contributed by atoms with E-state index in [1.807, 2.05) is 13.8 Å². The van der Waals surface area contributed by atoms with Crippen molar-refractivity contribution in [1.29, 1.82) is 0 Å². The Morgan fingerprint density at radius 1 is 1.03 bits per heavy atom. The molecule has 32 heavy (non-hydrogen) atoms. The molecule has 1 aromatic carbocycles. The number of nitrogens with zero attached hydrogens (tertiary/aromatic N) is 2. The molecule has 1 aromatic rings. The zero-order valence-electron chi connectivity index (χ0n) is 18.9. The normalized spacial score (nSPS) is 31.2. The number of fused-ring (bicyclic) bond motifs is 1. The van der Waals surface area contributed by atoms with Crippen molar-refractivity contribution in [1.82, 2.24) is 9.21 Å². The smallest absolute Gasteiger partial charge is 0.328 e. The van der Waals surface area contributed by atoms with Crippen LogP contribution in [0.3, 0.4) is 0 Å². The molecule has 9 heteroatoms. The Kier molecular flexibility index (Phi) is 6.61. The number of rotatable bonds is 4. The summed E-state index contributed by atoms with van der Waals surface area (Å²) in [4.78, 5) is 27.7. The average molecular weight is 465 g/mol. The van der Waals surface area contributed by atoms with Crippen LogP contribution in [-0.2, 0) is 24.3 Å². The van der Waals surface area contributed by atoms with E-state index < -0.39 is 16.1 Å². The molecule has 4 rings (SSSR count). The highest BCUT2D eigenvalue weighted by atomic mass is 32.2. The summed E-state index contributed by atoms with van der Waals surface area (Å²) in [6.07, 6.45) is 4.31. The number of amides is 1. The summed E-state index contributed by atoms with van der Waals surface area (Å²) in [5.41, 5.74) is 0.382. The molecule has 1 aliphatic carbocycles. The first-order chi connectivity index (χ1) is 15.2. The van der Waals surface area contributed by atoms with E-state index in [4.69, 9.17) is 9.47 Å². The highest BCUT2D eigenvalue weighted by Crippen LogP contribution is 2.41. The van der Waals surface area contributed by atoms with Gasteiger partial charge in [-0.25, -0.2) is 13.2 Å². The summed E-state index contributed by atoms with van der Waals surface area (Å²) in [7, 11) is -2.34. The number of likely N-dealkylation sites (tertiary alicyclic amines) is 1. The topological polar surface area (TPSA) is 93.2 Å². The van der Waals surface area contributed by atoms with Crippen molar-refractivity contribution in [3.8, 4) is 0 Å². The van der Waals surface area contributed by atoms with Crippen LogP contribution in [0, 0.1) is 5.92 Å². The van der Waals surface area contributed by atoms with Gasteiger partial charge in [-0.15, -0.1) is 0 Å². The Labute approximate surface area is 189 Å². The zero-order chi connectivity index (χ0) is 23.0. The molecule has 0 spiro atoms. The summed E-state index contributed by atoms with van der Waals surface area (Å²) < 4.78 is 38.2. The number of esters is 1. The van der Waals surface area contributed by atoms with Crippen molar-refractivity contribution < 1.29 is 27.5 Å². The molecule has 0 unspecified atom stereocenters. The predicted octanol–water partition coefficient (Wildman–Crippen LogP) is 2.43. The van der Waals surface area contributed by atoms with E-state index in [0.29, 0.717) is 31.0 Å². The van der Waals surface area contributed by atoms with Crippen LogP contribution in [0.25, 0.3) is 0 Å². The van der Waals surface area contributed by atoms with E-state index in [2.05, 4.69) is 0 Å². The Bertz CT molecular complexity index is 953. The third-order valence-corrected chi connectivity index (χ3v) is 8.77. The van der Waals surface area contributed by atoms with Crippen molar-refractivity contribution >= 4 is 21.9 Å². The molecule has 3 aliphatic rings. The summed E-state index contributed by atoms with van der Waals surface area (Å²) in [6.45, 7) is 4.30. The fraction of sp³-hybridized carbons (Fsp3) is 0.652. The van der Waals surface area contributed by atoms with E-state index >= 15 is 0 Å². The second kappa shape index (κ2) is 9.11. The lowest BCUT2D eigenvalue weighted by Crippen LogP contribution is -2.48. The molecule has 1 saturated carbocycles.